The second-order valence-corrected chi connectivity index (χ2v) is 4.66. The Morgan fingerprint density at radius 1 is 1.56 bits per heavy atom. The van der Waals surface area contributed by atoms with E-state index in [-0.39, 0.29) is 0 Å². The number of pyridine rings is 1. The molecule has 0 aliphatic carbocycles. The van der Waals surface area contributed by atoms with Crippen molar-refractivity contribution in [1.29, 1.82) is 0 Å². The standard InChI is InChI=1S/C14H17N3O/c1-2-6-18-17-11-16-9-13(7-14(17)10-16)12-4-3-5-15-8-12/h2-5,7-8,14H,1,6,9-11H2. The van der Waals surface area contributed by atoms with E-state index in [2.05, 4.69) is 28.6 Å². The quantitative estimate of drug-likeness (QED) is 0.750. The van der Waals surface area contributed by atoms with Crippen molar-refractivity contribution in [2.75, 3.05) is 26.4 Å². The molecule has 0 N–H and O–H groups in total. The summed E-state index contributed by atoms with van der Waals surface area (Å²) in [7, 11) is 0. The molecule has 2 unspecified atom stereocenters. The second-order valence-electron chi connectivity index (χ2n) is 4.66. The van der Waals surface area contributed by atoms with E-state index >= 15 is 0 Å². The van der Waals surface area contributed by atoms with Crippen molar-refractivity contribution >= 4 is 5.57 Å². The van der Waals surface area contributed by atoms with Gasteiger partial charge in [0.1, 0.15) is 0 Å². The van der Waals surface area contributed by atoms with Gasteiger partial charge in [-0.05, 0) is 17.2 Å². The highest BCUT2D eigenvalue weighted by molar-refractivity contribution is 5.68. The van der Waals surface area contributed by atoms with Crippen LogP contribution in [0.15, 0.2) is 43.3 Å². The van der Waals surface area contributed by atoms with E-state index < -0.39 is 0 Å². The Morgan fingerprint density at radius 2 is 2.50 bits per heavy atom. The molecule has 3 rings (SSSR count). The van der Waals surface area contributed by atoms with Crippen molar-refractivity contribution in [2.45, 2.75) is 6.04 Å². The van der Waals surface area contributed by atoms with Crippen LogP contribution < -0.4 is 0 Å². The van der Waals surface area contributed by atoms with Crippen molar-refractivity contribution in [3.63, 3.8) is 0 Å². The summed E-state index contributed by atoms with van der Waals surface area (Å²) in [6.07, 6.45) is 7.81. The van der Waals surface area contributed by atoms with Gasteiger partial charge < -0.3 is 0 Å². The first kappa shape index (κ1) is 11.6. The van der Waals surface area contributed by atoms with Crippen molar-refractivity contribution in [3.8, 4) is 0 Å². The lowest BCUT2D eigenvalue weighted by Gasteiger charge is -2.22. The SMILES string of the molecule is C=CCON1CN2CC(c3cccnc3)=CC1C2. The van der Waals surface area contributed by atoms with Gasteiger partial charge in [-0.15, -0.1) is 6.58 Å². The van der Waals surface area contributed by atoms with Crippen molar-refractivity contribution in [3.05, 3.63) is 48.8 Å². The molecular weight excluding hydrogens is 226 g/mol. The van der Waals surface area contributed by atoms with E-state index in [1.165, 1.54) is 11.1 Å². The summed E-state index contributed by atoms with van der Waals surface area (Å²) < 4.78 is 0. The number of fused-ring (bicyclic) bond motifs is 2. The van der Waals surface area contributed by atoms with E-state index in [1.807, 2.05) is 17.3 Å². The normalized spacial score (nSPS) is 27.0. The zero-order valence-electron chi connectivity index (χ0n) is 10.3. The number of rotatable bonds is 4. The topological polar surface area (TPSA) is 28.6 Å². The number of aromatic nitrogens is 1. The average molecular weight is 243 g/mol. The van der Waals surface area contributed by atoms with Gasteiger partial charge in [0.05, 0.1) is 19.3 Å². The Morgan fingerprint density at radius 3 is 3.28 bits per heavy atom. The maximum absolute atomic E-state index is 5.66. The lowest BCUT2D eigenvalue weighted by Crippen LogP contribution is -2.30. The molecule has 1 saturated heterocycles. The number of hydroxylamine groups is 2. The molecule has 2 aliphatic heterocycles. The maximum Gasteiger partial charge on any atom is 0.0864 e. The Kier molecular flexibility index (Phi) is 3.23. The Balaban J connectivity index is 1.78. The van der Waals surface area contributed by atoms with Gasteiger partial charge in [-0.3, -0.25) is 14.7 Å². The molecular formula is C14H17N3O. The highest BCUT2D eigenvalue weighted by atomic mass is 16.7. The molecule has 0 aromatic carbocycles. The summed E-state index contributed by atoms with van der Waals surface area (Å²) >= 11 is 0. The largest absolute Gasteiger partial charge is 0.293 e. The smallest absolute Gasteiger partial charge is 0.0864 e. The minimum atomic E-state index is 0.342. The molecule has 0 radical (unpaired) electrons. The van der Waals surface area contributed by atoms with Gasteiger partial charge in [0, 0.05) is 25.5 Å². The summed E-state index contributed by atoms with van der Waals surface area (Å²) in [4.78, 5) is 12.2. The van der Waals surface area contributed by atoms with E-state index in [0.29, 0.717) is 12.6 Å². The van der Waals surface area contributed by atoms with Crippen LogP contribution >= 0.6 is 0 Å². The third-order valence-electron chi connectivity index (χ3n) is 3.33. The van der Waals surface area contributed by atoms with Gasteiger partial charge in [0.2, 0.25) is 0 Å². The first-order valence-electron chi connectivity index (χ1n) is 6.21. The molecule has 2 atom stereocenters. The summed E-state index contributed by atoms with van der Waals surface area (Å²) in [5, 5.41) is 2.03. The van der Waals surface area contributed by atoms with Crippen molar-refractivity contribution in [1.82, 2.24) is 14.9 Å². The van der Waals surface area contributed by atoms with Crippen LogP contribution in [0.5, 0.6) is 0 Å². The highest BCUT2D eigenvalue weighted by Crippen LogP contribution is 2.27. The fourth-order valence-corrected chi connectivity index (χ4v) is 2.52. The molecule has 1 aromatic rings. The summed E-state index contributed by atoms with van der Waals surface area (Å²) in [6, 6.07) is 4.43. The molecule has 1 aromatic heterocycles. The van der Waals surface area contributed by atoms with Crippen LogP contribution in [0.25, 0.3) is 5.57 Å². The molecule has 0 spiro atoms. The van der Waals surface area contributed by atoms with Gasteiger partial charge in [-0.25, -0.2) is 0 Å². The minimum absolute atomic E-state index is 0.342. The van der Waals surface area contributed by atoms with Crippen LogP contribution in [0.2, 0.25) is 0 Å². The van der Waals surface area contributed by atoms with Crippen LogP contribution in [0.1, 0.15) is 5.56 Å². The van der Waals surface area contributed by atoms with Gasteiger partial charge in [0.25, 0.3) is 0 Å². The Labute approximate surface area is 107 Å². The van der Waals surface area contributed by atoms with Gasteiger partial charge in [0.15, 0.2) is 0 Å². The van der Waals surface area contributed by atoms with E-state index in [4.69, 9.17) is 4.84 Å². The summed E-state index contributed by atoms with van der Waals surface area (Å²) in [5.74, 6) is 0. The zero-order valence-corrected chi connectivity index (χ0v) is 10.3. The summed E-state index contributed by atoms with van der Waals surface area (Å²) in [5.41, 5.74) is 2.54. The lowest BCUT2D eigenvalue weighted by molar-refractivity contribution is -0.153. The molecule has 2 aliphatic rings. The van der Waals surface area contributed by atoms with Gasteiger partial charge in [-0.1, -0.05) is 18.2 Å². The first-order chi connectivity index (χ1) is 8.86. The van der Waals surface area contributed by atoms with E-state index in [9.17, 15) is 0 Å². The molecule has 18 heavy (non-hydrogen) atoms. The van der Waals surface area contributed by atoms with Crippen LogP contribution in [-0.4, -0.2) is 47.4 Å². The first-order valence-corrected chi connectivity index (χ1v) is 6.21. The minimum Gasteiger partial charge on any atom is -0.293 e. The molecule has 3 heterocycles. The molecule has 2 bridgehead atoms. The highest BCUT2D eigenvalue weighted by Gasteiger charge is 2.34. The fraction of sp³-hybridized carbons (Fsp3) is 0.357. The third-order valence-corrected chi connectivity index (χ3v) is 3.33. The number of hydrogen-bond donors (Lipinski definition) is 0. The Bertz CT molecular complexity index is 457. The molecule has 4 heteroatoms. The van der Waals surface area contributed by atoms with E-state index in [0.717, 1.165) is 19.8 Å². The van der Waals surface area contributed by atoms with Crippen molar-refractivity contribution < 1.29 is 4.84 Å². The molecule has 0 amide bonds. The Hall–Kier alpha value is -1.49. The third kappa shape index (κ3) is 2.22. The predicted octanol–water partition coefficient (Wildman–Crippen LogP) is 1.54. The predicted molar refractivity (Wildman–Crippen MR) is 70.4 cm³/mol. The zero-order chi connectivity index (χ0) is 12.4. The molecule has 94 valence electrons. The average Bonchev–Trinajstić information content (AvgIpc) is 2.71. The maximum atomic E-state index is 5.66. The number of nitrogens with zero attached hydrogens (tertiary/aromatic N) is 3. The van der Waals surface area contributed by atoms with Gasteiger partial charge in [-0.2, -0.15) is 5.06 Å². The summed E-state index contributed by atoms with van der Waals surface area (Å²) in [6.45, 7) is 7.12. The van der Waals surface area contributed by atoms with Crippen LogP contribution in [0.4, 0.5) is 0 Å². The molecule has 0 saturated carbocycles. The van der Waals surface area contributed by atoms with E-state index in [1.54, 1.807) is 12.3 Å². The monoisotopic (exact) mass is 243 g/mol. The van der Waals surface area contributed by atoms with Crippen LogP contribution in [-0.2, 0) is 4.84 Å². The van der Waals surface area contributed by atoms with Gasteiger partial charge >= 0.3 is 0 Å². The number of hydrogen-bond acceptors (Lipinski definition) is 4. The fourth-order valence-electron chi connectivity index (χ4n) is 2.52. The molecule has 1 fully saturated rings. The molecule has 4 nitrogen and oxygen atoms in total. The van der Waals surface area contributed by atoms with Crippen LogP contribution in [0, 0.1) is 0 Å². The van der Waals surface area contributed by atoms with Crippen molar-refractivity contribution in [2.24, 2.45) is 0 Å². The lowest BCUT2D eigenvalue weighted by atomic mass is 10.0. The second kappa shape index (κ2) is 5.02. The van der Waals surface area contributed by atoms with Crippen LogP contribution in [0.3, 0.4) is 0 Å².